The number of hydrogen-bond donors (Lipinski definition) is 0. The quantitative estimate of drug-likeness (QED) is 0.549. The first-order valence-corrected chi connectivity index (χ1v) is 7.69. The molecule has 3 rings (SSSR count). The molecule has 2 heterocycles. The maximum atomic E-state index is 12.3. The molecular formula is C18H20N4O2. The van der Waals surface area contributed by atoms with Crippen molar-refractivity contribution < 1.29 is 9.53 Å². The van der Waals surface area contributed by atoms with Gasteiger partial charge in [0.1, 0.15) is 5.60 Å². The fourth-order valence-electron chi connectivity index (χ4n) is 2.45. The van der Waals surface area contributed by atoms with Crippen molar-refractivity contribution in [3.63, 3.8) is 0 Å². The molecule has 0 aliphatic heterocycles. The van der Waals surface area contributed by atoms with Gasteiger partial charge in [0, 0.05) is 36.5 Å². The predicted molar refractivity (Wildman–Crippen MR) is 92.2 cm³/mol. The number of rotatable bonds is 3. The molecule has 0 N–H and O–H groups in total. The Labute approximate surface area is 140 Å². The summed E-state index contributed by atoms with van der Waals surface area (Å²) >= 11 is 0. The third kappa shape index (κ3) is 3.37. The van der Waals surface area contributed by atoms with Crippen LogP contribution in [0.1, 0.15) is 26.3 Å². The Morgan fingerprint density at radius 2 is 2.08 bits per heavy atom. The SMILES string of the molecule is Cn1ncc2ccc(/C(=C/C(=O)OC(C)(C)C)n3ccnc3)cc21. The van der Waals surface area contributed by atoms with Crippen LogP contribution in [0.4, 0.5) is 0 Å². The van der Waals surface area contributed by atoms with Crippen LogP contribution in [0.15, 0.2) is 49.2 Å². The summed E-state index contributed by atoms with van der Waals surface area (Å²) in [7, 11) is 1.89. The molecule has 24 heavy (non-hydrogen) atoms. The molecule has 3 aromatic rings. The summed E-state index contributed by atoms with van der Waals surface area (Å²) in [6.45, 7) is 5.53. The number of carbonyl (C=O) groups excluding carboxylic acids is 1. The molecule has 1 aromatic carbocycles. The van der Waals surface area contributed by atoms with Gasteiger partial charge in [-0.05, 0) is 26.8 Å². The van der Waals surface area contributed by atoms with Gasteiger partial charge in [-0.25, -0.2) is 9.78 Å². The van der Waals surface area contributed by atoms with Crippen molar-refractivity contribution in [1.29, 1.82) is 0 Å². The standard InChI is InChI=1S/C18H20N4O2/c1-18(2,3)24-17(23)10-16(22-8-7-19-12-22)13-5-6-14-11-20-21(4)15(14)9-13/h5-12H,1-4H3/b16-10-. The molecule has 0 saturated carbocycles. The third-order valence-corrected chi connectivity index (χ3v) is 3.49. The zero-order valence-electron chi connectivity index (χ0n) is 14.2. The van der Waals surface area contributed by atoms with Gasteiger partial charge in [-0.15, -0.1) is 0 Å². The second-order valence-electron chi connectivity index (χ2n) is 6.57. The van der Waals surface area contributed by atoms with Crippen molar-refractivity contribution in [2.45, 2.75) is 26.4 Å². The zero-order valence-corrected chi connectivity index (χ0v) is 14.2. The van der Waals surface area contributed by atoms with Gasteiger partial charge in [0.05, 0.1) is 23.7 Å². The van der Waals surface area contributed by atoms with Crippen LogP contribution in [-0.4, -0.2) is 30.9 Å². The molecule has 0 aliphatic rings. The molecule has 0 fully saturated rings. The number of aryl methyl sites for hydroxylation is 1. The summed E-state index contributed by atoms with van der Waals surface area (Å²) in [6, 6.07) is 5.94. The Balaban J connectivity index is 2.07. The van der Waals surface area contributed by atoms with E-state index in [1.54, 1.807) is 28.0 Å². The topological polar surface area (TPSA) is 61.9 Å². The van der Waals surface area contributed by atoms with Crippen LogP contribution in [-0.2, 0) is 16.6 Å². The zero-order chi connectivity index (χ0) is 17.3. The summed E-state index contributed by atoms with van der Waals surface area (Å²) < 4.78 is 9.01. The Morgan fingerprint density at radius 1 is 1.29 bits per heavy atom. The van der Waals surface area contributed by atoms with E-state index < -0.39 is 11.6 Å². The monoisotopic (exact) mass is 324 g/mol. The highest BCUT2D eigenvalue weighted by atomic mass is 16.6. The van der Waals surface area contributed by atoms with Crippen molar-refractivity contribution >= 4 is 22.6 Å². The Kier molecular flexibility index (Phi) is 3.97. The number of esters is 1. The van der Waals surface area contributed by atoms with Crippen LogP contribution in [0.2, 0.25) is 0 Å². The highest BCUT2D eigenvalue weighted by Crippen LogP contribution is 2.23. The Hall–Kier alpha value is -2.89. The first kappa shape index (κ1) is 16.0. The number of carbonyl (C=O) groups is 1. The van der Waals surface area contributed by atoms with E-state index >= 15 is 0 Å². The third-order valence-electron chi connectivity index (χ3n) is 3.49. The number of nitrogens with zero attached hydrogens (tertiary/aromatic N) is 4. The number of fused-ring (bicyclic) bond motifs is 1. The first-order valence-electron chi connectivity index (χ1n) is 7.69. The fourth-order valence-corrected chi connectivity index (χ4v) is 2.45. The second kappa shape index (κ2) is 5.96. The van der Waals surface area contributed by atoms with Gasteiger partial charge in [0.25, 0.3) is 0 Å². The normalized spacial score (nSPS) is 12.6. The van der Waals surface area contributed by atoms with Gasteiger partial charge in [0.2, 0.25) is 0 Å². The first-order chi connectivity index (χ1) is 11.3. The fraction of sp³-hybridized carbons (Fsp3) is 0.278. The summed E-state index contributed by atoms with van der Waals surface area (Å²) in [5.41, 5.74) is 2.03. The van der Waals surface area contributed by atoms with E-state index in [4.69, 9.17) is 4.74 Å². The van der Waals surface area contributed by atoms with Crippen LogP contribution in [0, 0.1) is 0 Å². The van der Waals surface area contributed by atoms with Crippen LogP contribution < -0.4 is 0 Å². The molecule has 0 atom stereocenters. The van der Waals surface area contributed by atoms with Gasteiger partial charge in [-0.1, -0.05) is 12.1 Å². The molecule has 0 unspecified atom stereocenters. The van der Waals surface area contributed by atoms with E-state index in [9.17, 15) is 4.79 Å². The van der Waals surface area contributed by atoms with Gasteiger partial charge in [0.15, 0.2) is 0 Å². The van der Waals surface area contributed by atoms with E-state index in [-0.39, 0.29) is 0 Å². The molecular weight excluding hydrogens is 304 g/mol. The lowest BCUT2D eigenvalue weighted by Gasteiger charge is -2.19. The number of imidazole rings is 1. The number of hydrogen-bond acceptors (Lipinski definition) is 4. The largest absolute Gasteiger partial charge is 0.457 e. The minimum Gasteiger partial charge on any atom is -0.457 e. The van der Waals surface area contributed by atoms with Crippen molar-refractivity contribution in [3.05, 3.63) is 54.8 Å². The van der Waals surface area contributed by atoms with Crippen molar-refractivity contribution in [2.24, 2.45) is 7.05 Å². The van der Waals surface area contributed by atoms with Crippen molar-refractivity contribution in [3.8, 4) is 0 Å². The molecule has 0 spiro atoms. The Morgan fingerprint density at radius 3 is 2.75 bits per heavy atom. The average molecular weight is 324 g/mol. The maximum Gasteiger partial charge on any atom is 0.333 e. The molecule has 0 amide bonds. The minimum absolute atomic E-state index is 0.392. The Bertz CT molecular complexity index is 899. The van der Waals surface area contributed by atoms with E-state index in [0.29, 0.717) is 5.70 Å². The summed E-state index contributed by atoms with van der Waals surface area (Å²) in [5, 5.41) is 5.30. The van der Waals surface area contributed by atoms with Crippen LogP contribution in [0.3, 0.4) is 0 Å². The van der Waals surface area contributed by atoms with Crippen molar-refractivity contribution in [2.75, 3.05) is 0 Å². The summed E-state index contributed by atoms with van der Waals surface area (Å²) in [5.74, 6) is -0.392. The van der Waals surface area contributed by atoms with E-state index in [1.807, 2.05) is 52.2 Å². The van der Waals surface area contributed by atoms with Crippen LogP contribution in [0.25, 0.3) is 16.6 Å². The summed E-state index contributed by atoms with van der Waals surface area (Å²) in [4.78, 5) is 16.3. The lowest BCUT2D eigenvalue weighted by molar-refractivity contribution is -0.148. The lowest BCUT2D eigenvalue weighted by Crippen LogP contribution is -2.23. The highest BCUT2D eigenvalue weighted by Gasteiger charge is 2.16. The molecule has 0 bridgehead atoms. The van der Waals surface area contributed by atoms with Crippen LogP contribution in [0.5, 0.6) is 0 Å². The smallest absolute Gasteiger partial charge is 0.333 e. The van der Waals surface area contributed by atoms with Crippen LogP contribution >= 0.6 is 0 Å². The molecule has 6 nitrogen and oxygen atoms in total. The van der Waals surface area contributed by atoms with E-state index in [1.165, 1.54) is 6.08 Å². The van der Waals surface area contributed by atoms with Gasteiger partial charge in [-0.3, -0.25) is 4.68 Å². The highest BCUT2D eigenvalue weighted by molar-refractivity contribution is 5.93. The molecule has 0 saturated heterocycles. The number of ether oxygens (including phenoxy) is 1. The molecule has 6 heteroatoms. The van der Waals surface area contributed by atoms with E-state index in [2.05, 4.69) is 10.1 Å². The predicted octanol–water partition coefficient (Wildman–Crippen LogP) is 3.00. The maximum absolute atomic E-state index is 12.3. The molecule has 124 valence electrons. The average Bonchev–Trinajstić information content (AvgIpc) is 3.13. The number of aromatic nitrogens is 4. The lowest BCUT2D eigenvalue weighted by atomic mass is 10.1. The second-order valence-corrected chi connectivity index (χ2v) is 6.57. The minimum atomic E-state index is -0.542. The summed E-state index contributed by atoms with van der Waals surface area (Å²) in [6.07, 6.45) is 8.43. The van der Waals surface area contributed by atoms with Gasteiger partial charge in [-0.2, -0.15) is 5.10 Å². The van der Waals surface area contributed by atoms with E-state index in [0.717, 1.165) is 16.5 Å². The molecule has 0 aliphatic carbocycles. The molecule has 2 aromatic heterocycles. The van der Waals surface area contributed by atoms with Gasteiger partial charge >= 0.3 is 5.97 Å². The van der Waals surface area contributed by atoms with Gasteiger partial charge < -0.3 is 9.30 Å². The number of benzene rings is 1. The molecule has 0 radical (unpaired) electrons. The van der Waals surface area contributed by atoms with Crippen molar-refractivity contribution in [1.82, 2.24) is 19.3 Å².